The van der Waals surface area contributed by atoms with Gasteiger partial charge in [0.15, 0.2) is 17.6 Å². The van der Waals surface area contributed by atoms with Crippen molar-refractivity contribution < 1.29 is 19.0 Å². The minimum atomic E-state index is -0.601. The third-order valence-corrected chi connectivity index (χ3v) is 4.94. The van der Waals surface area contributed by atoms with Gasteiger partial charge in [0.2, 0.25) is 0 Å². The second-order valence-corrected chi connectivity index (χ2v) is 7.83. The molecule has 0 spiro atoms. The van der Waals surface area contributed by atoms with Crippen molar-refractivity contribution in [3.63, 3.8) is 0 Å². The summed E-state index contributed by atoms with van der Waals surface area (Å²) in [6.07, 6.45) is 0.646. The molecule has 0 saturated heterocycles. The Kier molecular flexibility index (Phi) is 5.82. The Morgan fingerprint density at radius 3 is 2.64 bits per heavy atom. The summed E-state index contributed by atoms with van der Waals surface area (Å²) in [4.78, 5) is 13.0. The number of hydrogen-bond donors (Lipinski definition) is 1. The molecule has 3 rings (SSSR count). The molecule has 1 heterocycles. The summed E-state index contributed by atoms with van der Waals surface area (Å²) in [6, 6.07) is 13.3. The van der Waals surface area contributed by atoms with Gasteiger partial charge in [-0.3, -0.25) is 4.79 Å². The summed E-state index contributed by atoms with van der Waals surface area (Å²) in [5.74, 6) is 1.87. The normalized spacial score (nSPS) is 18.4. The summed E-state index contributed by atoms with van der Waals surface area (Å²) in [6.45, 7) is 8.05. The van der Waals surface area contributed by atoms with E-state index in [0.717, 1.165) is 16.9 Å². The molecule has 0 aliphatic carbocycles. The van der Waals surface area contributed by atoms with Crippen molar-refractivity contribution in [2.45, 2.75) is 58.3 Å². The monoisotopic (exact) mass is 383 g/mol. The minimum absolute atomic E-state index is 0.124. The molecule has 5 heteroatoms. The Labute approximate surface area is 167 Å². The Balaban J connectivity index is 1.80. The highest BCUT2D eigenvalue weighted by Gasteiger charge is 2.35. The molecule has 0 bridgehead atoms. The fourth-order valence-corrected chi connectivity index (χ4v) is 3.56. The van der Waals surface area contributed by atoms with Crippen molar-refractivity contribution in [1.82, 2.24) is 5.32 Å². The summed E-state index contributed by atoms with van der Waals surface area (Å²) in [5.41, 5.74) is 1.80. The number of hydrogen-bond acceptors (Lipinski definition) is 4. The van der Waals surface area contributed by atoms with Crippen LogP contribution < -0.4 is 19.5 Å². The molecular formula is C23H29NO4. The molecular weight excluding hydrogens is 354 g/mol. The molecule has 1 amide bonds. The summed E-state index contributed by atoms with van der Waals surface area (Å²) < 4.78 is 17.4. The molecule has 2 atom stereocenters. The molecule has 1 aliphatic heterocycles. The maximum atomic E-state index is 13.0. The van der Waals surface area contributed by atoms with Gasteiger partial charge in [-0.05, 0) is 45.4 Å². The molecule has 5 nitrogen and oxygen atoms in total. The summed E-state index contributed by atoms with van der Waals surface area (Å²) >= 11 is 0. The van der Waals surface area contributed by atoms with E-state index in [1.165, 1.54) is 0 Å². The van der Waals surface area contributed by atoms with Crippen molar-refractivity contribution in [2.24, 2.45) is 0 Å². The van der Waals surface area contributed by atoms with Gasteiger partial charge >= 0.3 is 0 Å². The van der Waals surface area contributed by atoms with Crippen molar-refractivity contribution in [3.8, 4) is 17.2 Å². The number of nitrogens with one attached hydrogen (secondary N) is 1. The van der Waals surface area contributed by atoms with Gasteiger partial charge in [-0.2, -0.15) is 0 Å². The molecule has 28 heavy (non-hydrogen) atoms. The minimum Gasteiger partial charge on any atom is -0.493 e. The molecule has 0 unspecified atom stereocenters. The maximum Gasteiger partial charge on any atom is 0.261 e. The van der Waals surface area contributed by atoms with E-state index in [-0.39, 0.29) is 17.6 Å². The van der Waals surface area contributed by atoms with Gasteiger partial charge in [0.25, 0.3) is 5.91 Å². The van der Waals surface area contributed by atoms with Crippen LogP contribution in [0.1, 0.15) is 50.8 Å². The molecule has 1 aliphatic rings. The van der Waals surface area contributed by atoms with E-state index >= 15 is 0 Å². The molecule has 0 saturated carbocycles. The van der Waals surface area contributed by atoms with Crippen LogP contribution >= 0.6 is 0 Å². The first-order chi connectivity index (χ1) is 13.3. The van der Waals surface area contributed by atoms with Crippen molar-refractivity contribution in [2.75, 3.05) is 7.11 Å². The lowest BCUT2D eigenvalue weighted by molar-refractivity contribution is -0.129. The van der Waals surface area contributed by atoms with Crippen LogP contribution in [0.2, 0.25) is 0 Å². The van der Waals surface area contributed by atoms with E-state index < -0.39 is 6.10 Å². The number of benzene rings is 2. The van der Waals surface area contributed by atoms with Crippen LogP contribution in [0.4, 0.5) is 0 Å². The van der Waals surface area contributed by atoms with Gasteiger partial charge < -0.3 is 19.5 Å². The van der Waals surface area contributed by atoms with Crippen LogP contribution in [0, 0.1) is 6.92 Å². The summed E-state index contributed by atoms with van der Waals surface area (Å²) in [5, 5.41) is 3.18. The van der Waals surface area contributed by atoms with Crippen LogP contribution in [-0.2, 0) is 4.79 Å². The lowest BCUT2D eigenvalue weighted by Gasteiger charge is -2.38. The molecule has 0 aromatic heterocycles. The fourth-order valence-electron chi connectivity index (χ4n) is 3.56. The molecule has 150 valence electrons. The van der Waals surface area contributed by atoms with Gasteiger partial charge in [0, 0.05) is 12.0 Å². The number of carbonyl (C=O) groups is 1. The first kappa shape index (κ1) is 20.1. The highest BCUT2D eigenvalue weighted by Crippen LogP contribution is 2.40. The van der Waals surface area contributed by atoms with Crippen LogP contribution in [0.3, 0.4) is 0 Å². The van der Waals surface area contributed by atoms with Crippen LogP contribution in [0.15, 0.2) is 42.5 Å². The fraction of sp³-hybridized carbons (Fsp3) is 0.435. The lowest BCUT2D eigenvalue weighted by Crippen LogP contribution is -2.45. The standard InChI is InChI=1S/C23H29NO4/c1-6-18(27-21-10-8-7-9-20(21)26-5)22(25)24-17-14-23(3,4)28-19-12-11-15(2)13-16(17)19/h7-13,17-18H,6,14H2,1-5H3,(H,24,25)/t17-,18+/m0/s1. The number of ether oxygens (including phenoxy) is 3. The molecule has 1 N–H and O–H groups in total. The highest BCUT2D eigenvalue weighted by atomic mass is 16.5. The van der Waals surface area contributed by atoms with Gasteiger partial charge in [-0.15, -0.1) is 0 Å². The van der Waals surface area contributed by atoms with Gasteiger partial charge in [-0.25, -0.2) is 0 Å². The molecule has 0 fully saturated rings. The van der Waals surface area contributed by atoms with Gasteiger partial charge in [0.1, 0.15) is 11.4 Å². The summed E-state index contributed by atoms with van der Waals surface area (Å²) in [7, 11) is 1.59. The van der Waals surface area contributed by atoms with Gasteiger partial charge in [-0.1, -0.05) is 36.8 Å². The first-order valence-electron chi connectivity index (χ1n) is 9.72. The number of fused-ring (bicyclic) bond motifs is 1. The second kappa shape index (κ2) is 8.13. The largest absolute Gasteiger partial charge is 0.493 e. The predicted molar refractivity (Wildman–Crippen MR) is 109 cm³/mol. The lowest BCUT2D eigenvalue weighted by atomic mass is 9.88. The first-order valence-corrected chi connectivity index (χ1v) is 9.72. The highest BCUT2D eigenvalue weighted by molar-refractivity contribution is 5.81. The molecule has 2 aromatic rings. The number of aryl methyl sites for hydroxylation is 1. The zero-order chi connectivity index (χ0) is 20.3. The Bertz CT molecular complexity index is 846. The van der Waals surface area contributed by atoms with Crippen molar-refractivity contribution in [3.05, 3.63) is 53.6 Å². The van der Waals surface area contributed by atoms with E-state index in [1.54, 1.807) is 7.11 Å². The Hall–Kier alpha value is -2.69. The smallest absolute Gasteiger partial charge is 0.261 e. The predicted octanol–water partition coefficient (Wildman–Crippen LogP) is 4.58. The molecule has 2 aromatic carbocycles. The van der Waals surface area contributed by atoms with E-state index in [0.29, 0.717) is 24.3 Å². The van der Waals surface area contributed by atoms with Gasteiger partial charge in [0.05, 0.1) is 13.2 Å². The molecule has 0 radical (unpaired) electrons. The van der Waals surface area contributed by atoms with Crippen molar-refractivity contribution >= 4 is 5.91 Å². The Morgan fingerprint density at radius 2 is 1.96 bits per heavy atom. The number of methoxy groups -OCH3 is 1. The average molecular weight is 383 g/mol. The third kappa shape index (κ3) is 4.41. The zero-order valence-electron chi connectivity index (χ0n) is 17.2. The number of carbonyl (C=O) groups excluding carboxylic acids is 1. The average Bonchev–Trinajstić information content (AvgIpc) is 2.66. The van der Waals surface area contributed by atoms with E-state index in [2.05, 4.69) is 11.4 Å². The topological polar surface area (TPSA) is 56.8 Å². The van der Waals surface area contributed by atoms with E-state index in [9.17, 15) is 4.79 Å². The van der Waals surface area contributed by atoms with Crippen LogP contribution in [0.25, 0.3) is 0 Å². The third-order valence-electron chi connectivity index (χ3n) is 4.94. The quantitative estimate of drug-likeness (QED) is 0.793. The Morgan fingerprint density at radius 1 is 1.25 bits per heavy atom. The van der Waals surface area contributed by atoms with E-state index in [1.807, 2.05) is 64.1 Å². The van der Waals surface area contributed by atoms with Crippen LogP contribution in [0.5, 0.6) is 17.2 Å². The second-order valence-electron chi connectivity index (χ2n) is 7.83. The number of para-hydroxylation sites is 2. The van der Waals surface area contributed by atoms with E-state index in [4.69, 9.17) is 14.2 Å². The van der Waals surface area contributed by atoms with Crippen LogP contribution in [-0.4, -0.2) is 24.7 Å². The SMILES string of the molecule is CC[C@@H](Oc1ccccc1OC)C(=O)N[C@H]1CC(C)(C)Oc2ccc(C)cc21. The number of amides is 1. The number of rotatable bonds is 6. The zero-order valence-corrected chi connectivity index (χ0v) is 17.2. The maximum absolute atomic E-state index is 13.0. The van der Waals surface area contributed by atoms with Crippen molar-refractivity contribution in [1.29, 1.82) is 0 Å².